The van der Waals surface area contributed by atoms with E-state index in [-0.39, 0.29) is 0 Å². The number of nitriles is 1. The summed E-state index contributed by atoms with van der Waals surface area (Å²) in [6, 6.07) is 2.06. The Kier molecular flexibility index (Phi) is 2.33. The lowest BCUT2D eigenvalue weighted by Crippen LogP contribution is -2.07. The fraction of sp³-hybridized carbons (Fsp3) is 0.125. The molecule has 0 atom stereocenters. The summed E-state index contributed by atoms with van der Waals surface area (Å²) in [6.45, 7) is 0.411. The highest BCUT2D eigenvalue weighted by molar-refractivity contribution is 5.16. The fourth-order valence-electron chi connectivity index (χ4n) is 0.686. The normalized spacial score (nSPS) is 14.9. The molecule has 0 radical (unpaired) electrons. The smallest absolute Gasteiger partial charge is 0.109 e. The van der Waals surface area contributed by atoms with Gasteiger partial charge in [0.25, 0.3) is 0 Å². The Hall–Kier alpha value is -1.49. The van der Waals surface area contributed by atoms with Gasteiger partial charge in [-0.2, -0.15) is 5.26 Å². The summed E-state index contributed by atoms with van der Waals surface area (Å²) in [5, 5.41) is 8.33. The highest BCUT2D eigenvalue weighted by Gasteiger charge is 1.90. The molecule has 0 saturated carbocycles. The highest BCUT2D eigenvalue weighted by atomic mass is 15.1. The zero-order valence-electron chi connectivity index (χ0n) is 5.57. The zero-order valence-corrected chi connectivity index (χ0v) is 5.57. The quantitative estimate of drug-likeness (QED) is 0.504. The summed E-state index contributed by atoms with van der Waals surface area (Å²) in [4.78, 5) is 1.82. The van der Waals surface area contributed by atoms with Crippen molar-refractivity contribution in [3.8, 4) is 6.07 Å². The average Bonchev–Trinajstić information content (AvgIpc) is 2.17. The first-order valence-corrected chi connectivity index (χ1v) is 3.08. The highest BCUT2D eigenvalue weighted by Crippen LogP contribution is 1.95. The predicted molar refractivity (Wildman–Crippen MR) is 39.7 cm³/mol. The van der Waals surface area contributed by atoms with Gasteiger partial charge in [-0.05, 0) is 12.2 Å². The molecule has 0 N–H and O–H groups in total. The van der Waals surface area contributed by atoms with E-state index in [1.54, 1.807) is 0 Å². The van der Waals surface area contributed by atoms with Crippen molar-refractivity contribution in [2.45, 2.75) is 0 Å². The first-order valence-electron chi connectivity index (χ1n) is 3.08. The maximum atomic E-state index is 8.33. The van der Waals surface area contributed by atoms with E-state index in [0.29, 0.717) is 6.54 Å². The summed E-state index contributed by atoms with van der Waals surface area (Å²) in [5.41, 5.74) is 0. The van der Waals surface area contributed by atoms with E-state index in [0.717, 1.165) is 0 Å². The standard InChI is InChI=1S/C8H8N2/c9-5-8-10-6-3-1-2-4-7-10/h1-4,6-7H,8H2. The van der Waals surface area contributed by atoms with E-state index in [1.807, 2.05) is 41.6 Å². The van der Waals surface area contributed by atoms with Crippen molar-refractivity contribution in [1.82, 2.24) is 4.90 Å². The largest absolute Gasteiger partial charge is 0.341 e. The Bertz CT molecular complexity index is 202. The lowest BCUT2D eigenvalue weighted by atomic mass is 10.5. The summed E-state index contributed by atoms with van der Waals surface area (Å²) in [7, 11) is 0. The van der Waals surface area contributed by atoms with Crippen LogP contribution >= 0.6 is 0 Å². The van der Waals surface area contributed by atoms with Crippen LogP contribution in [0.15, 0.2) is 36.7 Å². The monoisotopic (exact) mass is 132 g/mol. The minimum Gasteiger partial charge on any atom is -0.341 e. The molecule has 0 fully saturated rings. The number of hydrogen-bond acceptors (Lipinski definition) is 2. The molecule has 0 amide bonds. The molecule has 0 saturated heterocycles. The predicted octanol–water partition coefficient (Wildman–Crippen LogP) is 1.41. The number of hydrogen-bond donors (Lipinski definition) is 0. The Morgan fingerprint density at radius 2 is 1.70 bits per heavy atom. The topological polar surface area (TPSA) is 27.0 Å². The van der Waals surface area contributed by atoms with Gasteiger partial charge in [-0.25, -0.2) is 0 Å². The van der Waals surface area contributed by atoms with E-state index < -0.39 is 0 Å². The molecular formula is C8H8N2. The first kappa shape index (κ1) is 6.63. The van der Waals surface area contributed by atoms with E-state index in [4.69, 9.17) is 5.26 Å². The van der Waals surface area contributed by atoms with Crippen LogP contribution in [0.25, 0.3) is 0 Å². The second-order valence-electron chi connectivity index (χ2n) is 1.90. The molecular weight excluding hydrogens is 124 g/mol. The van der Waals surface area contributed by atoms with Crippen molar-refractivity contribution in [1.29, 1.82) is 5.26 Å². The van der Waals surface area contributed by atoms with Gasteiger partial charge in [-0.3, -0.25) is 0 Å². The molecule has 0 bridgehead atoms. The molecule has 2 nitrogen and oxygen atoms in total. The van der Waals surface area contributed by atoms with Crippen molar-refractivity contribution in [3.05, 3.63) is 36.7 Å². The SMILES string of the molecule is N#CCN1C=CC=CC=C1. The van der Waals surface area contributed by atoms with Crippen molar-refractivity contribution < 1.29 is 0 Å². The minimum absolute atomic E-state index is 0.411. The van der Waals surface area contributed by atoms with Gasteiger partial charge in [0, 0.05) is 12.4 Å². The molecule has 0 aliphatic carbocycles. The van der Waals surface area contributed by atoms with E-state index in [9.17, 15) is 0 Å². The Balaban J connectivity index is 2.56. The molecule has 10 heavy (non-hydrogen) atoms. The molecule has 0 unspecified atom stereocenters. The molecule has 2 heteroatoms. The second kappa shape index (κ2) is 3.52. The second-order valence-corrected chi connectivity index (χ2v) is 1.90. The Morgan fingerprint density at radius 3 is 2.20 bits per heavy atom. The van der Waals surface area contributed by atoms with Crippen molar-refractivity contribution >= 4 is 0 Å². The number of allylic oxidation sites excluding steroid dienone is 4. The summed E-state index contributed by atoms with van der Waals surface area (Å²) in [6.07, 6.45) is 11.4. The molecule has 1 aliphatic rings. The van der Waals surface area contributed by atoms with Crippen LogP contribution in [-0.2, 0) is 0 Å². The Morgan fingerprint density at radius 1 is 1.10 bits per heavy atom. The van der Waals surface area contributed by atoms with Crippen LogP contribution < -0.4 is 0 Å². The molecule has 0 spiro atoms. The van der Waals surface area contributed by atoms with Crippen LogP contribution in [-0.4, -0.2) is 11.4 Å². The summed E-state index contributed by atoms with van der Waals surface area (Å²) in [5.74, 6) is 0. The summed E-state index contributed by atoms with van der Waals surface area (Å²) >= 11 is 0. The average molecular weight is 132 g/mol. The molecule has 50 valence electrons. The van der Waals surface area contributed by atoms with Gasteiger partial charge in [0.1, 0.15) is 6.54 Å². The molecule has 0 aromatic heterocycles. The maximum absolute atomic E-state index is 8.33. The van der Waals surface area contributed by atoms with E-state index in [1.165, 1.54) is 0 Å². The molecule has 0 aromatic rings. The third-order valence-electron chi connectivity index (χ3n) is 1.14. The first-order chi connectivity index (χ1) is 4.93. The van der Waals surface area contributed by atoms with Crippen molar-refractivity contribution in [3.63, 3.8) is 0 Å². The van der Waals surface area contributed by atoms with Crippen LogP contribution in [0.1, 0.15) is 0 Å². The number of rotatable bonds is 1. The molecule has 0 aromatic carbocycles. The lowest BCUT2D eigenvalue weighted by Gasteiger charge is -2.07. The van der Waals surface area contributed by atoms with Gasteiger partial charge in [0.15, 0.2) is 0 Å². The fourth-order valence-corrected chi connectivity index (χ4v) is 0.686. The minimum atomic E-state index is 0.411. The van der Waals surface area contributed by atoms with Gasteiger partial charge < -0.3 is 4.90 Å². The van der Waals surface area contributed by atoms with E-state index in [2.05, 4.69) is 6.07 Å². The van der Waals surface area contributed by atoms with Gasteiger partial charge in [0.2, 0.25) is 0 Å². The number of nitrogens with zero attached hydrogens (tertiary/aromatic N) is 2. The van der Waals surface area contributed by atoms with Crippen molar-refractivity contribution in [2.75, 3.05) is 6.54 Å². The third-order valence-corrected chi connectivity index (χ3v) is 1.14. The maximum Gasteiger partial charge on any atom is 0.109 e. The lowest BCUT2D eigenvalue weighted by molar-refractivity contribution is 0.573. The zero-order chi connectivity index (χ0) is 7.23. The van der Waals surface area contributed by atoms with Gasteiger partial charge >= 0.3 is 0 Å². The molecule has 1 aliphatic heterocycles. The van der Waals surface area contributed by atoms with Gasteiger partial charge in [0.05, 0.1) is 6.07 Å². The Labute approximate surface area is 60.4 Å². The molecule has 1 rings (SSSR count). The van der Waals surface area contributed by atoms with Gasteiger partial charge in [-0.15, -0.1) is 0 Å². The van der Waals surface area contributed by atoms with Crippen LogP contribution in [0.2, 0.25) is 0 Å². The van der Waals surface area contributed by atoms with Crippen LogP contribution in [0.5, 0.6) is 0 Å². The third kappa shape index (κ3) is 1.79. The van der Waals surface area contributed by atoms with Crippen LogP contribution in [0, 0.1) is 11.3 Å². The van der Waals surface area contributed by atoms with Crippen molar-refractivity contribution in [2.24, 2.45) is 0 Å². The van der Waals surface area contributed by atoms with E-state index >= 15 is 0 Å². The van der Waals surface area contributed by atoms with Gasteiger partial charge in [-0.1, -0.05) is 12.2 Å². The van der Waals surface area contributed by atoms with Crippen LogP contribution in [0.4, 0.5) is 0 Å². The van der Waals surface area contributed by atoms with Crippen LogP contribution in [0.3, 0.4) is 0 Å². The summed E-state index contributed by atoms with van der Waals surface area (Å²) < 4.78 is 0. The molecule has 1 heterocycles.